The SMILES string of the molecule is C=CCOC(CC)(C(=O)O)c1ccc(C)cc1. The van der Waals surface area contributed by atoms with Gasteiger partial charge in [0.25, 0.3) is 0 Å². The molecule has 1 rings (SSSR count). The third-order valence-corrected chi connectivity index (χ3v) is 2.81. The van der Waals surface area contributed by atoms with Crippen LogP contribution in [0.1, 0.15) is 24.5 Å². The largest absolute Gasteiger partial charge is 0.479 e. The molecule has 0 aliphatic heterocycles. The number of aryl methyl sites for hydroxylation is 1. The molecular weight excluding hydrogens is 216 g/mol. The van der Waals surface area contributed by atoms with Crippen LogP contribution in [0.15, 0.2) is 36.9 Å². The van der Waals surface area contributed by atoms with Gasteiger partial charge in [0.2, 0.25) is 0 Å². The lowest BCUT2D eigenvalue weighted by molar-refractivity contribution is -0.166. The maximum absolute atomic E-state index is 11.5. The van der Waals surface area contributed by atoms with Crippen LogP contribution in [0.4, 0.5) is 0 Å². The number of hydrogen-bond donors (Lipinski definition) is 1. The summed E-state index contributed by atoms with van der Waals surface area (Å²) >= 11 is 0. The summed E-state index contributed by atoms with van der Waals surface area (Å²) in [5, 5.41) is 9.41. The Hall–Kier alpha value is -1.61. The fourth-order valence-electron chi connectivity index (χ4n) is 1.75. The molecule has 1 atom stereocenters. The molecule has 1 aromatic carbocycles. The van der Waals surface area contributed by atoms with E-state index in [2.05, 4.69) is 6.58 Å². The van der Waals surface area contributed by atoms with Crippen molar-refractivity contribution in [3.8, 4) is 0 Å². The molecule has 0 amide bonds. The highest BCUT2D eigenvalue weighted by Gasteiger charge is 2.39. The van der Waals surface area contributed by atoms with Crippen LogP contribution >= 0.6 is 0 Å². The van der Waals surface area contributed by atoms with Gasteiger partial charge >= 0.3 is 5.97 Å². The van der Waals surface area contributed by atoms with Crippen molar-refractivity contribution in [2.45, 2.75) is 25.9 Å². The van der Waals surface area contributed by atoms with E-state index in [9.17, 15) is 9.90 Å². The quantitative estimate of drug-likeness (QED) is 0.770. The minimum atomic E-state index is -1.28. The van der Waals surface area contributed by atoms with Gasteiger partial charge in [-0.05, 0) is 18.9 Å². The topological polar surface area (TPSA) is 46.5 Å². The van der Waals surface area contributed by atoms with Crippen molar-refractivity contribution >= 4 is 5.97 Å². The smallest absolute Gasteiger partial charge is 0.340 e. The standard InChI is InChI=1S/C14H18O3/c1-4-10-17-14(5-2,13(15)16)12-8-6-11(3)7-9-12/h4,6-9H,1,5,10H2,2-3H3,(H,15,16). The number of aliphatic carboxylic acids is 1. The Morgan fingerprint density at radius 3 is 2.47 bits per heavy atom. The first-order valence-corrected chi connectivity index (χ1v) is 5.62. The van der Waals surface area contributed by atoms with Gasteiger partial charge in [-0.25, -0.2) is 4.79 Å². The van der Waals surface area contributed by atoms with Gasteiger partial charge in [0.1, 0.15) is 0 Å². The van der Waals surface area contributed by atoms with E-state index in [0.29, 0.717) is 12.0 Å². The molecule has 1 N–H and O–H groups in total. The Kier molecular flexibility index (Phi) is 4.46. The van der Waals surface area contributed by atoms with Crippen LogP contribution in [0.3, 0.4) is 0 Å². The molecule has 0 fully saturated rings. The maximum Gasteiger partial charge on any atom is 0.340 e. The lowest BCUT2D eigenvalue weighted by atomic mass is 9.90. The van der Waals surface area contributed by atoms with E-state index in [1.54, 1.807) is 25.1 Å². The number of rotatable bonds is 6. The molecule has 0 aliphatic rings. The molecule has 0 aromatic heterocycles. The Bertz CT molecular complexity index is 394. The van der Waals surface area contributed by atoms with E-state index < -0.39 is 11.6 Å². The molecule has 0 saturated carbocycles. The van der Waals surface area contributed by atoms with Crippen LogP contribution in [0, 0.1) is 6.92 Å². The van der Waals surface area contributed by atoms with Crippen molar-refractivity contribution in [2.75, 3.05) is 6.61 Å². The molecule has 3 nitrogen and oxygen atoms in total. The van der Waals surface area contributed by atoms with Crippen molar-refractivity contribution in [3.63, 3.8) is 0 Å². The fraction of sp³-hybridized carbons (Fsp3) is 0.357. The van der Waals surface area contributed by atoms with E-state index in [1.165, 1.54) is 0 Å². The van der Waals surface area contributed by atoms with Crippen molar-refractivity contribution in [3.05, 3.63) is 48.0 Å². The molecule has 0 bridgehead atoms. The molecule has 0 radical (unpaired) electrons. The van der Waals surface area contributed by atoms with Crippen molar-refractivity contribution in [1.29, 1.82) is 0 Å². The van der Waals surface area contributed by atoms with E-state index >= 15 is 0 Å². The first kappa shape index (κ1) is 13.5. The molecule has 92 valence electrons. The second-order valence-electron chi connectivity index (χ2n) is 3.95. The van der Waals surface area contributed by atoms with Crippen LogP contribution < -0.4 is 0 Å². The second-order valence-corrected chi connectivity index (χ2v) is 3.95. The highest BCUT2D eigenvalue weighted by molar-refractivity contribution is 5.79. The average molecular weight is 234 g/mol. The zero-order chi connectivity index (χ0) is 12.9. The first-order chi connectivity index (χ1) is 8.06. The van der Waals surface area contributed by atoms with Crippen LogP contribution in [0.25, 0.3) is 0 Å². The fourth-order valence-corrected chi connectivity index (χ4v) is 1.75. The van der Waals surface area contributed by atoms with Crippen LogP contribution in [0.5, 0.6) is 0 Å². The summed E-state index contributed by atoms with van der Waals surface area (Å²) in [6, 6.07) is 7.38. The lowest BCUT2D eigenvalue weighted by Crippen LogP contribution is -2.38. The molecule has 1 unspecified atom stereocenters. The Balaban J connectivity index is 3.16. The number of carboxylic acids is 1. The molecular formula is C14H18O3. The summed E-state index contributed by atoms with van der Waals surface area (Å²) in [5.74, 6) is -0.967. The minimum Gasteiger partial charge on any atom is -0.479 e. The van der Waals surface area contributed by atoms with Gasteiger partial charge in [0.15, 0.2) is 5.60 Å². The number of hydrogen-bond acceptors (Lipinski definition) is 2. The summed E-state index contributed by atoms with van der Waals surface area (Å²) in [7, 11) is 0. The molecule has 0 aliphatic carbocycles. The van der Waals surface area contributed by atoms with E-state index in [1.807, 2.05) is 19.1 Å². The number of ether oxygens (including phenoxy) is 1. The van der Waals surface area contributed by atoms with Gasteiger partial charge in [0, 0.05) is 0 Å². The van der Waals surface area contributed by atoms with Gasteiger partial charge in [-0.1, -0.05) is 42.8 Å². The Morgan fingerprint density at radius 2 is 2.06 bits per heavy atom. The second kappa shape index (κ2) is 5.64. The van der Waals surface area contributed by atoms with Crippen molar-refractivity contribution < 1.29 is 14.6 Å². The zero-order valence-electron chi connectivity index (χ0n) is 10.3. The van der Waals surface area contributed by atoms with Gasteiger partial charge in [0.05, 0.1) is 6.61 Å². The Morgan fingerprint density at radius 1 is 1.47 bits per heavy atom. The van der Waals surface area contributed by atoms with Crippen LogP contribution in [-0.4, -0.2) is 17.7 Å². The van der Waals surface area contributed by atoms with E-state index in [4.69, 9.17) is 4.74 Å². The van der Waals surface area contributed by atoms with Gasteiger partial charge < -0.3 is 9.84 Å². The molecule has 1 aromatic rings. The summed E-state index contributed by atoms with van der Waals surface area (Å²) in [6.45, 7) is 7.53. The highest BCUT2D eigenvalue weighted by Crippen LogP contribution is 2.30. The third kappa shape index (κ3) is 2.74. The van der Waals surface area contributed by atoms with E-state index in [0.717, 1.165) is 5.56 Å². The molecule has 0 heterocycles. The lowest BCUT2D eigenvalue weighted by Gasteiger charge is -2.28. The number of carboxylic acid groups (broad SMARTS) is 1. The molecule has 3 heteroatoms. The zero-order valence-corrected chi connectivity index (χ0v) is 10.3. The van der Waals surface area contributed by atoms with E-state index in [-0.39, 0.29) is 6.61 Å². The van der Waals surface area contributed by atoms with Gasteiger partial charge in [-0.2, -0.15) is 0 Å². The van der Waals surface area contributed by atoms with Gasteiger partial charge in [-0.15, -0.1) is 6.58 Å². The summed E-state index contributed by atoms with van der Waals surface area (Å²) in [6.07, 6.45) is 1.93. The van der Waals surface area contributed by atoms with Crippen molar-refractivity contribution in [1.82, 2.24) is 0 Å². The molecule has 0 saturated heterocycles. The normalized spacial score (nSPS) is 14.0. The summed E-state index contributed by atoms with van der Waals surface area (Å²) in [4.78, 5) is 11.5. The predicted molar refractivity (Wildman–Crippen MR) is 66.9 cm³/mol. The predicted octanol–water partition coefficient (Wildman–Crippen LogP) is 2.89. The first-order valence-electron chi connectivity index (χ1n) is 5.62. The molecule has 0 spiro atoms. The summed E-state index contributed by atoms with van der Waals surface area (Å²) in [5.41, 5.74) is 0.481. The minimum absolute atomic E-state index is 0.216. The Labute approximate surface area is 102 Å². The van der Waals surface area contributed by atoms with Crippen LogP contribution in [-0.2, 0) is 15.1 Å². The third-order valence-electron chi connectivity index (χ3n) is 2.81. The highest BCUT2D eigenvalue weighted by atomic mass is 16.5. The summed E-state index contributed by atoms with van der Waals surface area (Å²) < 4.78 is 5.50. The number of benzene rings is 1. The monoisotopic (exact) mass is 234 g/mol. The van der Waals surface area contributed by atoms with Crippen LogP contribution in [0.2, 0.25) is 0 Å². The average Bonchev–Trinajstić information content (AvgIpc) is 2.32. The van der Waals surface area contributed by atoms with Gasteiger partial charge in [-0.3, -0.25) is 0 Å². The maximum atomic E-state index is 11.5. The number of carbonyl (C=O) groups is 1. The molecule has 17 heavy (non-hydrogen) atoms. The van der Waals surface area contributed by atoms with Crippen molar-refractivity contribution in [2.24, 2.45) is 0 Å².